The minimum atomic E-state index is -0.760. The summed E-state index contributed by atoms with van der Waals surface area (Å²) in [7, 11) is 0. The molecule has 0 aromatic rings. The van der Waals surface area contributed by atoms with Crippen LogP contribution in [0.4, 0.5) is 0 Å². The highest BCUT2D eigenvalue weighted by atomic mass is 35.5. The van der Waals surface area contributed by atoms with Gasteiger partial charge in [-0.1, -0.05) is 0 Å². The van der Waals surface area contributed by atoms with Crippen molar-refractivity contribution in [3.63, 3.8) is 0 Å². The van der Waals surface area contributed by atoms with Crippen molar-refractivity contribution in [1.29, 1.82) is 0 Å². The van der Waals surface area contributed by atoms with Gasteiger partial charge in [-0.05, 0) is 52.6 Å². The third-order valence-electron chi connectivity index (χ3n) is 4.24. The monoisotopic (exact) mass is 355 g/mol. The molecule has 2 aliphatic rings. The lowest BCUT2D eigenvalue weighted by Crippen LogP contribution is -2.53. The molecule has 2 N–H and O–H groups in total. The first-order chi connectivity index (χ1) is 9.47. The number of halogens is 2. The van der Waals surface area contributed by atoms with Crippen LogP contribution < -0.4 is 5.73 Å². The number of nitrogens with two attached hydrogens (primary N) is 1. The maximum Gasteiger partial charge on any atom is 0.242 e. The molecule has 2 fully saturated rings. The Hall–Kier alpha value is -0.0700. The third kappa shape index (κ3) is 6.59. The number of ether oxygens (including phenoxy) is 1. The van der Waals surface area contributed by atoms with Gasteiger partial charge in [0.25, 0.3) is 0 Å². The van der Waals surface area contributed by atoms with Gasteiger partial charge in [-0.3, -0.25) is 4.79 Å². The number of amides is 1. The standard InChI is InChI=1S/C15H29N3O2.2ClH/c1-15(2,16)14(19)18-9-5-13(6-10-18)20-12-11-17-7-3-4-8-17;;/h13H,3-12,16H2,1-2H3;2*1H. The van der Waals surface area contributed by atoms with E-state index in [-0.39, 0.29) is 30.7 Å². The fraction of sp³-hybridized carbons (Fsp3) is 0.933. The molecule has 0 aromatic carbocycles. The first kappa shape index (κ1) is 21.9. The van der Waals surface area contributed by atoms with Gasteiger partial charge in [0.15, 0.2) is 0 Å². The van der Waals surface area contributed by atoms with Crippen molar-refractivity contribution >= 4 is 30.7 Å². The second-order valence-corrected chi connectivity index (χ2v) is 6.63. The van der Waals surface area contributed by atoms with Crippen LogP contribution in [0.15, 0.2) is 0 Å². The van der Waals surface area contributed by atoms with Crippen molar-refractivity contribution in [2.75, 3.05) is 39.3 Å². The van der Waals surface area contributed by atoms with Crippen LogP contribution in [0.2, 0.25) is 0 Å². The van der Waals surface area contributed by atoms with Crippen molar-refractivity contribution in [3.05, 3.63) is 0 Å². The van der Waals surface area contributed by atoms with Gasteiger partial charge < -0.3 is 20.3 Å². The van der Waals surface area contributed by atoms with Crippen molar-refractivity contribution < 1.29 is 9.53 Å². The quantitative estimate of drug-likeness (QED) is 0.814. The average Bonchev–Trinajstić information content (AvgIpc) is 2.91. The topological polar surface area (TPSA) is 58.8 Å². The molecular weight excluding hydrogens is 325 g/mol. The van der Waals surface area contributed by atoms with Gasteiger partial charge in [-0.25, -0.2) is 0 Å². The van der Waals surface area contributed by atoms with E-state index in [0.29, 0.717) is 6.10 Å². The van der Waals surface area contributed by atoms with Crippen LogP contribution >= 0.6 is 24.8 Å². The Bertz CT molecular complexity index is 323. The average molecular weight is 356 g/mol. The smallest absolute Gasteiger partial charge is 0.242 e. The fourth-order valence-corrected chi connectivity index (χ4v) is 2.99. The lowest BCUT2D eigenvalue weighted by atomic mass is 10.0. The first-order valence-electron chi connectivity index (χ1n) is 7.89. The van der Waals surface area contributed by atoms with Crippen molar-refractivity contribution in [2.45, 2.75) is 51.2 Å². The van der Waals surface area contributed by atoms with Crippen LogP contribution in [-0.2, 0) is 9.53 Å². The number of likely N-dealkylation sites (tertiary alicyclic amines) is 2. The number of hydrogen-bond donors (Lipinski definition) is 1. The Kier molecular flexibility index (Phi) is 9.90. The van der Waals surface area contributed by atoms with Gasteiger partial charge in [0.05, 0.1) is 18.2 Å². The summed E-state index contributed by atoms with van der Waals surface area (Å²) in [4.78, 5) is 16.4. The van der Waals surface area contributed by atoms with E-state index in [0.717, 1.165) is 39.1 Å². The number of nitrogens with zero attached hydrogens (tertiary/aromatic N) is 2. The molecule has 2 heterocycles. The minimum absolute atomic E-state index is 0. The summed E-state index contributed by atoms with van der Waals surface area (Å²) < 4.78 is 5.95. The summed E-state index contributed by atoms with van der Waals surface area (Å²) in [6.45, 7) is 9.41. The molecular formula is C15H31Cl2N3O2. The molecule has 0 aliphatic carbocycles. The number of carbonyl (C=O) groups is 1. The molecule has 132 valence electrons. The maximum absolute atomic E-state index is 12.1. The normalized spacial score (nSPS) is 20.4. The zero-order valence-corrected chi connectivity index (χ0v) is 15.4. The van der Waals surface area contributed by atoms with E-state index in [1.165, 1.54) is 25.9 Å². The molecule has 2 aliphatic heterocycles. The molecule has 2 rings (SSSR count). The molecule has 0 atom stereocenters. The van der Waals surface area contributed by atoms with Crippen LogP contribution in [0.1, 0.15) is 39.5 Å². The van der Waals surface area contributed by atoms with Crippen LogP contribution in [0.3, 0.4) is 0 Å². The number of carbonyl (C=O) groups excluding carboxylic acids is 1. The second-order valence-electron chi connectivity index (χ2n) is 6.63. The summed E-state index contributed by atoms with van der Waals surface area (Å²) in [5, 5.41) is 0. The number of hydrogen-bond acceptors (Lipinski definition) is 4. The molecule has 0 radical (unpaired) electrons. The minimum Gasteiger partial charge on any atom is -0.377 e. The van der Waals surface area contributed by atoms with E-state index in [1.807, 2.05) is 4.90 Å². The Balaban J connectivity index is 0.00000220. The summed E-state index contributed by atoms with van der Waals surface area (Å²) in [5.74, 6) is 0.0491. The van der Waals surface area contributed by atoms with Gasteiger partial charge >= 0.3 is 0 Å². The lowest BCUT2D eigenvalue weighted by molar-refractivity contribution is -0.138. The Labute approximate surface area is 146 Å². The molecule has 2 saturated heterocycles. The Morgan fingerprint density at radius 1 is 1.14 bits per heavy atom. The molecule has 0 saturated carbocycles. The van der Waals surface area contributed by atoms with Crippen molar-refractivity contribution in [1.82, 2.24) is 9.80 Å². The van der Waals surface area contributed by atoms with E-state index in [4.69, 9.17) is 10.5 Å². The highest BCUT2D eigenvalue weighted by molar-refractivity contribution is 5.86. The predicted molar refractivity (Wildman–Crippen MR) is 94.0 cm³/mol. The highest BCUT2D eigenvalue weighted by Gasteiger charge is 2.31. The summed E-state index contributed by atoms with van der Waals surface area (Å²) in [6, 6.07) is 0. The molecule has 5 nitrogen and oxygen atoms in total. The SMILES string of the molecule is CC(C)(N)C(=O)N1CCC(OCCN2CCCC2)CC1.Cl.Cl. The molecule has 0 aromatic heterocycles. The molecule has 1 amide bonds. The van der Waals surface area contributed by atoms with E-state index < -0.39 is 5.54 Å². The van der Waals surface area contributed by atoms with Crippen molar-refractivity contribution in [3.8, 4) is 0 Å². The summed E-state index contributed by atoms with van der Waals surface area (Å²) >= 11 is 0. The Morgan fingerprint density at radius 2 is 1.68 bits per heavy atom. The van der Waals surface area contributed by atoms with Crippen LogP contribution in [-0.4, -0.2) is 66.7 Å². The third-order valence-corrected chi connectivity index (χ3v) is 4.24. The molecule has 22 heavy (non-hydrogen) atoms. The molecule has 0 spiro atoms. The number of rotatable bonds is 5. The summed E-state index contributed by atoms with van der Waals surface area (Å²) in [5.41, 5.74) is 5.11. The van der Waals surface area contributed by atoms with Gasteiger partial charge in [-0.2, -0.15) is 0 Å². The van der Waals surface area contributed by atoms with Crippen molar-refractivity contribution in [2.24, 2.45) is 5.73 Å². The van der Waals surface area contributed by atoms with Crippen LogP contribution in [0, 0.1) is 0 Å². The first-order valence-corrected chi connectivity index (χ1v) is 7.89. The van der Waals surface area contributed by atoms with Gasteiger partial charge in [-0.15, -0.1) is 24.8 Å². The largest absolute Gasteiger partial charge is 0.377 e. The van der Waals surface area contributed by atoms with Gasteiger partial charge in [0.2, 0.25) is 5.91 Å². The summed E-state index contributed by atoms with van der Waals surface area (Å²) in [6.07, 6.45) is 4.83. The van der Waals surface area contributed by atoms with Crippen LogP contribution in [0.25, 0.3) is 0 Å². The molecule has 7 heteroatoms. The van der Waals surface area contributed by atoms with E-state index in [2.05, 4.69) is 4.90 Å². The molecule has 0 bridgehead atoms. The number of piperidine rings is 1. The highest BCUT2D eigenvalue weighted by Crippen LogP contribution is 2.17. The van der Waals surface area contributed by atoms with E-state index in [1.54, 1.807) is 13.8 Å². The predicted octanol–water partition coefficient (Wildman–Crippen LogP) is 1.67. The maximum atomic E-state index is 12.1. The van der Waals surface area contributed by atoms with Crippen LogP contribution in [0.5, 0.6) is 0 Å². The van der Waals surface area contributed by atoms with Gasteiger partial charge in [0.1, 0.15) is 0 Å². The van der Waals surface area contributed by atoms with Gasteiger partial charge in [0, 0.05) is 19.6 Å². The second kappa shape index (κ2) is 9.93. The molecule has 0 unspecified atom stereocenters. The zero-order chi connectivity index (χ0) is 14.6. The fourth-order valence-electron chi connectivity index (χ4n) is 2.99. The van der Waals surface area contributed by atoms with E-state index >= 15 is 0 Å². The van der Waals surface area contributed by atoms with E-state index in [9.17, 15) is 4.79 Å². The Morgan fingerprint density at radius 3 is 2.18 bits per heavy atom. The lowest BCUT2D eigenvalue weighted by Gasteiger charge is -2.35. The zero-order valence-electron chi connectivity index (χ0n) is 13.8.